The summed E-state index contributed by atoms with van der Waals surface area (Å²) < 4.78 is 2.49. The lowest BCUT2D eigenvalue weighted by atomic mass is 10.1. The molecule has 0 aliphatic heterocycles. The maximum absolute atomic E-state index is 11.1. The van der Waals surface area contributed by atoms with Gasteiger partial charge in [0.2, 0.25) is 0 Å². The number of benzene rings is 1. The summed E-state index contributed by atoms with van der Waals surface area (Å²) >= 11 is 3.34. The number of aromatic carboxylic acids is 1. The first kappa shape index (κ1) is 13.8. The molecule has 19 heavy (non-hydrogen) atoms. The highest BCUT2D eigenvalue weighted by molar-refractivity contribution is 9.10. The highest BCUT2D eigenvalue weighted by Crippen LogP contribution is 2.17. The molecule has 0 spiro atoms. The Labute approximate surface area is 118 Å². The van der Waals surface area contributed by atoms with Crippen LogP contribution in [0.25, 0.3) is 5.69 Å². The smallest absolute Gasteiger partial charge is 0.356 e. The molecule has 2 N–H and O–H groups in total. The molecule has 1 heterocycles. The van der Waals surface area contributed by atoms with E-state index in [0.29, 0.717) is 18.4 Å². The molecule has 0 saturated heterocycles. The summed E-state index contributed by atoms with van der Waals surface area (Å²) in [6.07, 6.45) is 2.71. The zero-order chi connectivity index (χ0) is 13.8. The second-order valence-corrected chi connectivity index (χ2v) is 4.97. The van der Waals surface area contributed by atoms with Crippen LogP contribution in [0, 0.1) is 0 Å². The maximum Gasteiger partial charge on any atom is 0.356 e. The summed E-state index contributed by atoms with van der Waals surface area (Å²) in [6, 6.07) is 7.42. The lowest BCUT2D eigenvalue weighted by Gasteiger charge is -2.00. The fourth-order valence-corrected chi connectivity index (χ4v) is 2.03. The van der Waals surface area contributed by atoms with Crippen molar-refractivity contribution in [3.63, 3.8) is 0 Å². The number of nitrogens with zero attached hydrogens (tertiary/aromatic N) is 2. The summed E-state index contributed by atoms with van der Waals surface area (Å²) in [5, 5.41) is 22.0. The highest BCUT2D eigenvalue weighted by Gasteiger charge is 2.15. The van der Waals surface area contributed by atoms with Crippen LogP contribution in [0.15, 0.2) is 34.9 Å². The molecular weight excluding hydrogens is 312 g/mol. The number of carboxylic acids is 1. The summed E-state index contributed by atoms with van der Waals surface area (Å²) in [5.74, 6) is -1.05. The van der Waals surface area contributed by atoms with Crippen LogP contribution in [0.5, 0.6) is 0 Å². The third-order valence-corrected chi connectivity index (χ3v) is 3.22. The largest absolute Gasteiger partial charge is 0.476 e. The molecule has 1 aromatic carbocycles. The second-order valence-electron chi connectivity index (χ2n) is 4.06. The van der Waals surface area contributed by atoms with E-state index < -0.39 is 5.97 Å². The van der Waals surface area contributed by atoms with Crippen molar-refractivity contribution >= 4 is 21.9 Å². The predicted molar refractivity (Wildman–Crippen MR) is 73.6 cm³/mol. The van der Waals surface area contributed by atoms with Crippen LogP contribution in [-0.4, -0.2) is 32.6 Å². The molecule has 2 rings (SSSR count). The third kappa shape index (κ3) is 3.21. The minimum Gasteiger partial charge on any atom is -0.476 e. The lowest BCUT2D eigenvalue weighted by molar-refractivity contribution is 0.0688. The Bertz CT molecular complexity index is 578. The number of aryl methyl sites for hydroxylation is 1. The van der Waals surface area contributed by atoms with Crippen LogP contribution in [0.4, 0.5) is 0 Å². The summed E-state index contributed by atoms with van der Waals surface area (Å²) in [4.78, 5) is 11.1. The monoisotopic (exact) mass is 324 g/mol. The molecule has 1 aromatic heterocycles. The molecule has 0 saturated carbocycles. The van der Waals surface area contributed by atoms with Gasteiger partial charge >= 0.3 is 5.97 Å². The van der Waals surface area contributed by atoms with E-state index in [-0.39, 0.29) is 12.3 Å². The minimum absolute atomic E-state index is 0.0303. The number of hydrogen-bond acceptors (Lipinski definition) is 3. The molecule has 0 radical (unpaired) electrons. The van der Waals surface area contributed by atoms with Gasteiger partial charge in [-0.25, -0.2) is 9.48 Å². The number of aromatic nitrogens is 2. The number of aliphatic hydroxyl groups is 1. The number of halogens is 1. The Kier molecular flexibility index (Phi) is 4.34. The van der Waals surface area contributed by atoms with Crippen molar-refractivity contribution in [1.29, 1.82) is 0 Å². The maximum atomic E-state index is 11.1. The van der Waals surface area contributed by atoms with Gasteiger partial charge in [-0.05, 0) is 37.1 Å². The van der Waals surface area contributed by atoms with E-state index in [1.54, 1.807) is 10.9 Å². The van der Waals surface area contributed by atoms with Crippen LogP contribution >= 0.6 is 15.9 Å². The molecule has 0 atom stereocenters. The van der Waals surface area contributed by atoms with Gasteiger partial charge in [0.25, 0.3) is 0 Å². The van der Waals surface area contributed by atoms with Crippen molar-refractivity contribution in [3.05, 3.63) is 46.2 Å². The van der Waals surface area contributed by atoms with Crippen LogP contribution in [0.3, 0.4) is 0 Å². The standard InChI is InChI=1S/C13H13BrN2O3/c14-10-3-5-11(6-4-10)16-8-9(2-1-7-17)12(15-16)13(18)19/h3-6,8,17H,1-2,7H2,(H,18,19). The number of hydrogen-bond donors (Lipinski definition) is 2. The summed E-state index contributed by atoms with van der Waals surface area (Å²) in [7, 11) is 0. The molecule has 0 aliphatic rings. The molecule has 100 valence electrons. The van der Waals surface area contributed by atoms with Crippen LogP contribution in [-0.2, 0) is 6.42 Å². The Morgan fingerprint density at radius 1 is 1.32 bits per heavy atom. The van der Waals surface area contributed by atoms with E-state index in [0.717, 1.165) is 10.2 Å². The molecular formula is C13H13BrN2O3. The van der Waals surface area contributed by atoms with Crippen LogP contribution in [0.2, 0.25) is 0 Å². The minimum atomic E-state index is -1.05. The number of rotatable bonds is 5. The van der Waals surface area contributed by atoms with Crippen molar-refractivity contribution < 1.29 is 15.0 Å². The van der Waals surface area contributed by atoms with Crippen LogP contribution in [0.1, 0.15) is 22.5 Å². The first-order chi connectivity index (χ1) is 9.11. The fourth-order valence-electron chi connectivity index (χ4n) is 1.77. The van der Waals surface area contributed by atoms with Gasteiger partial charge in [0, 0.05) is 22.8 Å². The van der Waals surface area contributed by atoms with Gasteiger partial charge < -0.3 is 10.2 Å². The molecule has 0 amide bonds. The SMILES string of the molecule is O=C(O)c1nn(-c2ccc(Br)cc2)cc1CCCO. The average molecular weight is 325 g/mol. The van der Waals surface area contributed by atoms with Gasteiger partial charge in [0.05, 0.1) is 5.69 Å². The quantitative estimate of drug-likeness (QED) is 0.884. The topological polar surface area (TPSA) is 75.3 Å². The van der Waals surface area contributed by atoms with Gasteiger partial charge in [0.15, 0.2) is 5.69 Å². The molecule has 5 nitrogen and oxygen atoms in total. The number of aliphatic hydroxyl groups excluding tert-OH is 1. The normalized spacial score (nSPS) is 10.6. The van der Waals surface area contributed by atoms with Crippen molar-refractivity contribution in [1.82, 2.24) is 9.78 Å². The van der Waals surface area contributed by atoms with Crippen LogP contribution < -0.4 is 0 Å². The molecule has 0 fully saturated rings. The van der Waals surface area contributed by atoms with Crippen molar-refractivity contribution in [2.75, 3.05) is 6.61 Å². The van der Waals surface area contributed by atoms with Gasteiger partial charge in [-0.3, -0.25) is 0 Å². The van der Waals surface area contributed by atoms with E-state index >= 15 is 0 Å². The zero-order valence-electron chi connectivity index (χ0n) is 10.1. The molecule has 0 aliphatic carbocycles. The van der Waals surface area contributed by atoms with Crippen molar-refractivity contribution in [2.45, 2.75) is 12.8 Å². The Morgan fingerprint density at radius 2 is 2.00 bits per heavy atom. The van der Waals surface area contributed by atoms with Crippen molar-refractivity contribution in [3.8, 4) is 5.69 Å². The number of carboxylic acid groups (broad SMARTS) is 1. The first-order valence-corrected chi connectivity index (χ1v) is 6.59. The first-order valence-electron chi connectivity index (χ1n) is 5.80. The third-order valence-electron chi connectivity index (χ3n) is 2.69. The number of carbonyl (C=O) groups is 1. The van der Waals surface area contributed by atoms with E-state index in [9.17, 15) is 4.79 Å². The molecule has 6 heteroatoms. The fraction of sp³-hybridized carbons (Fsp3) is 0.231. The summed E-state index contributed by atoms with van der Waals surface area (Å²) in [5.41, 5.74) is 1.46. The van der Waals surface area contributed by atoms with Gasteiger partial charge in [0.1, 0.15) is 0 Å². The van der Waals surface area contributed by atoms with Crippen molar-refractivity contribution in [2.24, 2.45) is 0 Å². The molecule has 0 bridgehead atoms. The Balaban J connectivity index is 2.36. The van der Waals surface area contributed by atoms with Gasteiger partial charge in [-0.2, -0.15) is 5.10 Å². The summed E-state index contributed by atoms with van der Waals surface area (Å²) in [6.45, 7) is 0.0303. The van der Waals surface area contributed by atoms with E-state index in [2.05, 4.69) is 21.0 Å². The molecule has 2 aromatic rings. The lowest BCUT2D eigenvalue weighted by Crippen LogP contribution is -2.03. The molecule has 0 unspecified atom stereocenters. The van der Waals surface area contributed by atoms with E-state index in [1.807, 2.05) is 24.3 Å². The average Bonchev–Trinajstić information content (AvgIpc) is 2.81. The second kappa shape index (κ2) is 5.99. The van der Waals surface area contributed by atoms with Gasteiger partial charge in [-0.15, -0.1) is 0 Å². The van der Waals surface area contributed by atoms with E-state index in [1.165, 1.54) is 0 Å². The predicted octanol–water partition coefficient (Wildman–Crippen LogP) is 2.26. The van der Waals surface area contributed by atoms with E-state index in [4.69, 9.17) is 10.2 Å². The van der Waals surface area contributed by atoms with Gasteiger partial charge in [-0.1, -0.05) is 15.9 Å². The Morgan fingerprint density at radius 3 is 2.58 bits per heavy atom. The highest BCUT2D eigenvalue weighted by atomic mass is 79.9. The Hall–Kier alpha value is -1.66. The zero-order valence-corrected chi connectivity index (χ0v) is 11.7.